The molecule has 0 unspecified atom stereocenters. The molecule has 3 aliphatic rings. The normalized spacial score (nSPS) is 12.5. The number of fused-ring (bicyclic) bond motifs is 6. The summed E-state index contributed by atoms with van der Waals surface area (Å²) in [5.74, 6) is -0.550. The average Bonchev–Trinajstić information content (AvgIpc) is 1.17. The molecule has 133 heavy (non-hydrogen) atoms. The van der Waals surface area contributed by atoms with Gasteiger partial charge >= 0.3 is 12.4 Å². The van der Waals surface area contributed by atoms with E-state index < -0.39 is 23.7 Å². The first-order chi connectivity index (χ1) is 62.1. The van der Waals surface area contributed by atoms with Crippen LogP contribution in [0.5, 0.6) is 0 Å². The summed E-state index contributed by atoms with van der Waals surface area (Å²) in [6.07, 6.45) is 2.99. The van der Waals surface area contributed by atoms with Crippen LogP contribution in [0.3, 0.4) is 0 Å². The Balaban J connectivity index is 0.000000141. The van der Waals surface area contributed by atoms with Crippen molar-refractivity contribution in [1.29, 1.82) is 0 Å². The van der Waals surface area contributed by atoms with Crippen LogP contribution in [0.2, 0.25) is 0 Å². The summed E-state index contributed by atoms with van der Waals surface area (Å²) < 4.78 is 116. The predicted octanol–water partition coefficient (Wildman–Crippen LogP) is 26.9. The summed E-state index contributed by atoms with van der Waals surface area (Å²) in [6.45, 7) is 16.6. The topological polar surface area (TPSA) is 147 Å². The Bertz CT molecular complexity index is 6670. The summed E-state index contributed by atoms with van der Waals surface area (Å²) in [6, 6.07) is 104. The summed E-state index contributed by atoms with van der Waals surface area (Å²) in [7, 11) is 0. The van der Waals surface area contributed by atoms with Crippen LogP contribution in [0.4, 0.5) is 56.6 Å². The fraction of sp³-hybridized carbons (Fsp3) is 0.120. The molecule has 10 aromatic carbocycles. The van der Waals surface area contributed by atoms with Gasteiger partial charge in [-0.3, -0.25) is 9.97 Å². The van der Waals surface area contributed by atoms with E-state index >= 15 is 0 Å². The molecule has 22 rings (SSSR count). The van der Waals surface area contributed by atoms with Gasteiger partial charge in [-0.2, -0.15) is 26.3 Å². The van der Waals surface area contributed by atoms with Gasteiger partial charge in [0, 0.05) is 164 Å². The molecule has 0 amide bonds. The minimum Gasteiger partial charge on any atom is -0.573 e. The largest absolute Gasteiger partial charge is 0.573 e. The van der Waals surface area contributed by atoms with Crippen molar-refractivity contribution in [1.82, 2.24) is 55.3 Å². The van der Waals surface area contributed by atoms with Crippen LogP contribution < -0.4 is 15.1 Å². The molecule has 0 bridgehead atoms. The van der Waals surface area contributed by atoms with Gasteiger partial charge in [-0.05, 0) is 204 Å². The van der Waals surface area contributed by atoms with Crippen LogP contribution in [0, 0.1) is 61.6 Å². The number of hydrogen-bond acceptors (Lipinski definition) is 10. The molecular formula is C108H78F9Ir4N12-7. The number of nitrogens with zero attached hydrogens (tertiary/aromatic N) is 12. The SMILES string of the molecule is CC1(C)c2c([c-]ccc2F)-c2nccc3cccc1c23.CC1(C)c2c([c-]ccc2F)-c2nccc3cccc1c23.CC1(C)c2c([c-]ccc2F)-c2nccc3cccc1c23.Cc1ccc(N(c2ccc(C)cc2)c2cc[c-]c(-c3ccccn3)c2)cc1.FC(F)(F)c1cc(-c2ccccn2)[n-]n1.FC(F)(F)c1cc(-c2ccccn2)[n-]n1.[Ir].[Ir].[Ir].[Ir].[c-]1ccccc1-c1ccccn1. The van der Waals surface area contributed by atoms with E-state index in [0.717, 1.165) is 134 Å². The van der Waals surface area contributed by atoms with Crippen molar-refractivity contribution >= 4 is 49.4 Å². The molecule has 19 aromatic rings. The first-order valence-electron chi connectivity index (χ1n) is 41.1. The van der Waals surface area contributed by atoms with Crippen molar-refractivity contribution in [2.45, 2.75) is 84.0 Å². The number of rotatable bonds is 7. The molecular weight excluding hydrogens is 2410 g/mol. The van der Waals surface area contributed by atoms with Crippen molar-refractivity contribution in [3.8, 4) is 79.1 Å². The fourth-order valence-corrected chi connectivity index (χ4v) is 16.4. The molecule has 0 N–H and O–H groups in total. The maximum absolute atomic E-state index is 14.4. The maximum Gasteiger partial charge on any atom is 0.431 e. The van der Waals surface area contributed by atoms with E-state index in [4.69, 9.17) is 0 Å². The Kier molecular flexibility index (Phi) is 31.6. The van der Waals surface area contributed by atoms with E-state index in [1.165, 1.54) is 41.7 Å². The minimum absolute atomic E-state index is 0. The van der Waals surface area contributed by atoms with Crippen LogP contribution in [0.25, 0.3) is 111 Å². The van der Waals surface area contributed by atoms with Crippen molar-refractivity contribution in [2.75, 3.05) is 4.90 Å². The van der Waals surface area contributed by atoms with E-state index in [2.05, 4.69) is 243 Å². The van der Waals surface area contributed by atoms with Gasteiger partial charge in [0.1, 0.15) is 11.4 Å². The summed E-state index contributed by atoms with van der Waals surface area (Å²) in [5, 5.41) is 19.7. The van der Waals surface area contributed by atoms with Crippen molar-refractivity contribution in [2.24, 2.45) is 0 Å². The van der Waals surface area contributed by atoms with E-state index in [1.807, 2.05) is 109 Å². The monoisotopic (exact) mass is 2490 g/mol. The van der Waals surface area contributed by atoms with E-state index in [0.29, 0.717) is 28.1 Å². The van der Waals surface area contributed by atoms with Gasteiger partial charge in [-0.1, -0.05) is 196 Å². The third-order valence-corrected chi connectivity index (χ3v) is 22.5. The molecule has 0 spiro atoms. The Labute approximate surface area is 818 Å². The number of anilines is 3. The van der Waals surface area contributed by atoms with Crippen LogP contribution in [-0.4, -0.2) is 45.1 Å². The number of aryl methyl sites for hydroxylation is 2. The number of pyridine rings is 7. The predicted molar refractivity (Wildman–Crippen MR) is 487 cm³/mol. The van der Waals surface area contributed by atoms with Crippen molar-refractivity contribution in [3.05, 3.63) is 432 Å². The standard InChI is InChI=1S/C25H21N2.3C18H13FN.C11H8N.2C9H5F3N3.4Ir/c1-19-9-13-22(14-10-19)27(23-15-11-20(2)12-16-23)24-7-5-6-21(18-24)25-8-3-4-17-26-25;3*1-18(2)13-7-3-5-11-9-10-20-17(15(11)13)12-6-4-8-14(19)16(12)18;1-2-6-10(7-3-1)11-8-4-5-9-12-11;2*10-9(11,12)8-5-7(14-15-8)6-3-1-2-4-13-6;;;;/h3-5,7-18H,1-2H3;3*3-5,7-10H,1-2H3;1-6,8-9H;2*1-5H;;;;/q7*-1;;;;. The maximum atomic E-state index is 14.4. The molecule has 0 aliphatic heterocycles. The molecule has 4 radical (unpaired) electrons. The number of alkyl halides is 6. The number of aromatic nitrogens is 11. The zero-order valence-corrected chi connectivity index (χ0v) is 81.9. The van der Waals surface area contributed by atoms with E-state index in [1.54, 1.807) is 79.4 Å². The second-order valence-corrected chi connectivity index (χ2v) is 32.1. The average molecular weight is 2480 g/mol. The van der Waals surface area contributed by atoms with Crippen LogP contribution in [0.15, 0.2) is 328 Å². The zero-order chi connectivity index (χ0) is 90.4. The summed E-state index contributed by atoms with van der Waals surface area (Å²) >= 11 is 0. The number of halogens is 9. The Hall–Kier alpha value is -12.8. The first-order valence-corrected chi connectivity index (χ1v) is 41.1. The summed E-state index contributed by atoms with van der Waals surface area (Å²) in [4.78, 5) is 32.2. The zero-order valence-electron chi connectivity index (χ0n) is 72.3. The fourth-order valence-electron chi connectivity index (χ4n) is 16.4. The smallest absolute Gasteiger partial charge is 0.431 e. The van der Waals surface area contributed by atoms with Gasteiger partial charge in [0.25, 0.3) is 0 Å². The van der Waals surface area contributed by atoms with Crippen LogP contribution in [-0.2, 0) is 109 Å². The number of hydrogen-bond donors (Lipinski definition) is 0. The van der Waals surface area contributed by atoms with E-state index in [9.17, 15) is 39.5 Å². The van der Waals surface area contributed by atoms with Gasteiger partial charge in [-0.25, -0.2) is 13.2 Å². The second-order valence-electron chi connectivity index (χ2n) is 32.1. The molecule has 0 saturated carbocycles. The van der Waals surface area contributed by atoms with E-state index in [-0.39, 0.29) is 126 Å². The third-order valence-electron chi connectivity index (χ3n) is 22.5. The molecule has 25 heteroatoms. The van der Waals surface area contributed by atoms with Gasteiger partial charge in [0.15, 0.2) is 0 Å². The molecule has 0 fully saturated rings. The van der Waals surface area contributed by atoms with Gasteiger partial charge in [0.2, 0.25) is 0 Å². The van der Waals surface area contributed by atoms with Crippen LogP contribution >= 0.6 is 0 Å². The molecule has 9 aromatic heterocycles. The molecule has 12 nitrogen and oxygen atoms in total. The van der Waals surface area contributed by atoms with Gasteiger partial charge in [0.05, 0.1) is 0 Å². The third kappa shape index (κ3) is 21.3. The second kappa shape index (κ2) is 42.4. The number of benzene rings is 10. The van der Waals surface area contributed by atoms with Crippen molar-refractivity contribution < 1.29 is 120 Å². The molecule has 3 aliphatic carbocycles. The minimum atomic E-state index is -4.46. The Morgan fingerprint density at radius 2 is 0.632 bits per heavy atom. The summed E-state index contributed by atoms with van der Waals surface area (Å²) in [5.41, 5.74) is 18.0. The first kappa shape index (κ1) is 99.2. The molecule has 0 atom stereocenters. The molecule has 9 heterocycles. The van der Waals surface area contributed by atoms with Gasteiger partial charge < -0.3 is 50.2 Å². The van der Waals surface area contributed by atoms with Gasteiger partial charge in [-0.15, -0.1) is 137 Å². The quantitative estimate of drug-likeness (QED) is 0.110. The molecule has 676 valence electrons. The van der Waals surface area contributed by atoms with Crippen molar-refractivity contribution in [3.63, 3.8) is 0 Å². The Morgan fingerprint density at radius 1 is 0.301 bits per heavy atom. The van der Waals surface area contributed by atoms with Crippen LogP contribution in [0.1, 0.15) is 97.4 Å². The Morgan fingerprint density at radius 3 is 0.955 bits per heavy atom. The molecule has 0 saturated heterocycles.